The number of carbonyl (C=O) groups excluding carboxylic acids is 1. The van der Waals surface area contributed by atoms with Gasteiger partial charge in [-0.2, -0.15) is 0 Å². The molecule has 102 valence electrons. The minimum atomic E-state index is -0.0116. The molecule has 1 amide bonds. The highest BCUT2D eigenvalue weighted by Crippen LogP contribution is 2.40. The lowest BCUT2D eigenvalue weighted by Crippen LogP contribution is -2.47. The standard InChI is InChI=1S/C14H14BrCl2NO/c15-8-6-9-4-5-10(7-8)18(9)14(19)13-11(16)2-1-3-12(13)17/h1-3,8-10H,4-7H2. The Morgan fingerprint density at radius 3 is 2.21 bits per heavy atom. The number of amides is 1. The molecule has 2 bridgehead atoms. The number of fused-ring (bicyclic) bond motifs is 2. The Morgan fingerprint density at radius 1 is 1.16 bits per heavy atom. The zero-order chi connectivity index (χ0) is 13.6. The first-order valence-corrected chi connectivity index (χ1v) is 8.16. The minimum Gasteiger partial charge on any atom is -0.333 e. The summed E-state index contributed by atoms with van der Waals surface area (Å²) in [5.41, 5.74) is 0.454. The zero-order valence-corrected chi connectivity index (χ0v) is 13.4. The summed E-state index contributed by atoms with van der Waals surface area (Å²) < 4.78 is 0. The van der Waals surface area contributed by atoms with E-state index in [1.165, 1.54) is 0 Å². The molecule has 0 spiro atoms. The van der Waals surface area contributed by atoms with Crippen molar-refractivity contribution < 1.29 is 4.79 Å². The average molecular weight is 363 g/mol. The van der Waals surface area contributed by atoms with Crippen molar-refractivity contribution in [3.8, 4) is 0 Å². The summed E-state index contributed by atoms with van der Waals surface area (Å²) in [4.78, 5) is 15.3. The lowest BCUT2D eigenvalue weighted by atomic mass is 10.0. The summed E-state index contributed by atoms with van der Waals surface area (Å²) in [6.07, 6.45) is 4.20. The average Bonchev–Trinajstić information content (AvgIpc) is 2.61. The number of piperidine rings is 1. The van der Waals surface area contributed by atoms with Crippen LogP contribution in [0.5, 0.6) is 0 Å². The Bertz CT molecular complexity index is 488. The molecule has 2 atom stereocenters. The minimum absolute atomic E-state index is 0.0116. The summed E-state index contributed by atoms with van der Waals surface area (Å²) in [6, 6.07) is 5.85. The highest BCUT2D eigenvalue weighted by Gasteiger charge is 2.43. The number of hydrogen-bond acceptors (Lipinski definition) is 1. The van der Waals surface area contributed by atoms with Crippen LogP contribution in [-0.4, -0.2) is 27.7 Å². The number of nitrogens with zero attached hydrogens (tertiary/aromatic N) is 1. The molecule has 0 aliphatic carbocycles. The van der Waals surface area contributed by atoms with Crippen molar-refractivity contribution in [3.63, 3.8) is 0 Å². The van der Waals surface area contributed by atoms with E-state index in [0.717, 1.165) is 25.7 Å². The largest absolute Gasteiger partial charge is 0.333 e. The topological polar surface area (TPSA) is 20.3 Å². The van der Waals surface area contributed by atoms with Crippen LogP contribution in [0.25, 0.3) is 0 Å². The van der Waals surface area contributed by atoms with E-state index >= 15 is 0 Å². The monoisotopic (exact) mass is 361 g/mol. The first-order chi connectivity index (χ1) is 9.08. The van der Waals surface area contributed by atoms with Gasteiger partial charge < -0.3 is 4.90 Å². The highest BCUT2D eigenvalue weighted by molar-refractivity contribution is 9.09. The van der Waals surface area contributed by atoms with Crippen LogP contribution in [0.1, 0.15) is 36.0 Å². The van der Waals surface area contributed by atoms with Gasteiger partial charge in [0.05, 0.1) is 15.6 Å². The van der Waals surface area contributed by atoms with Gasteiger partial charge in [-0.3, -0.25) is 4.79 Å². The van der Waals surface area contributed by atoms with Gasteiger partial charge in [-0.15, -0.1) is 0 Å². The normalized spacial score (nSPS) is 29.6. The Balaban J connectivity index is 1.93. The fourth-order valence-electron chi connectivity index (χ4n) is 3.27. The van der Waals surface area contributed by atoms with Gasteiger partial charge in [-0.1, -0.05) is 45.2 Å². The van der Waals surface area contributed by atoms with Crippen LogP contribution in [0, 0.1) is 0 Å². The van der Waals surface area contributed by atoms with Crippen molar-refractivity contribution in [1.82, 2.24) is 4.90 Å². The highest BCUT2D eigenvalue weighted by atomic mass is 79.9. The fraction of sp³-hybridized carbons (Fsp3) is 0.500. The Kier molecular flexibility index (Phi) is 3.80. The molecule has 2 fully saturated rings. The summed E-state index contributed by atoms with van der Waals surface area (Å²) in [6.45, 7) is 0. The number of hydrogen-bond donors (Lipinski definition) is 0. The molecule has 2 nitrogen and oxygen atoms in total. The molecule has 3 rings (SSSR count). The predicted molar refractivity (Wildman–Crippen MR) is 81.4 cm³/mol. The van der Waals surface area contributed by atoms with Gasteiger partial charge in [0.1, 0.15) is 0 Å². The Morgan fingerprint density at radius 2 is 1.68 bits per heavy atom. The molecule has 1 aromatic rings. The molecule has 2 aliphatic rings. The number of halogens is 3. The third kappa shape index (κ3) is 2.41. The van der Waals surface area contributed by atoms with Crippen molar-refractivity contribution in [3.05, 3.63) is 33.8 Å². The second-order valence-electron chi connectivity index (χ2n) is 5.26. The second kappa shape index (κ2) is 5.27. The molecule has 0 N–H and O–H groups in total. The molecule has 0 aromatic heterocycles. The fourth-order valence-corrected chi connectivity index (χ4v) is 4.70. The first-order valence-electron chi connectivity index (χ1n) is 6.48. The molecule has 2 saturated heterocycles. The van der Waals surface area contributed by atoms with E-state index in [-0.39, 0.29) is 5.91 Å². The third-order valence-electron chi connectivity index (χ3n) is 4.09. The third-order valence-corrected chi connectivity index (χ3v) is 5.46. The smallest absolute Gasteiger partial charge is 0.257 e. The van der Waals surface area contributed by atoms with Crippen molar-refractivity contribution >= 4 is 45.0 Å². The van der Waals surface area contributed by atoms with Crippen LogP contribution in [0.3, 0.4) is 0 Å². The number of alkyl halides is 1. The van der Waals surface area contributed by atoms with Gasteiger partial charge in [0, 0.05) is 16.9 Å². The van der Waals surface area contributed by atoms with Crippen molar-refractivity contribution in [2.24, 2.45) is 0 Å². The van der Waals surface area contributed by atoms with E-state index in [0.29, 0.717) is 32.5 Å². The summed E-state index contributed by atoms with van der Waals surface area (Å²) >= 11 is 16.0. The van der Waals surface area contributed by atoms with E-state index < -0.39 is 0 Å². The molecule has 0 saturated carbocycles. The molecule has 1 aromatic carbocycles. The molecule has 2 aliphatic heterocycles. The molecular weight excluding hydrogens is 349 g/mol. The van der Waals surface area contributed by atoms with Gasteiger partial charge in [-0.05, 0) is 37.8 Å². The van der Waals surface area contributed by atoms with Crippen LogP contribution in [0.2, 0.25) is 10.0 Å². The molecule has 19 heavy (non-hydrogen) atoms. The summed E-state index contributed by atoms with van der Waals surface area (Å²) in [5.74, 6) is -0.0116. The molecular formula is C14H14BrCl2NO. The first kappa shape index (κ1) is 13.7. The van der Waals surface area contributed by atoms with Crippen LogP contribution >= 0.6 is 39.1 Å². The van der Waals surface area contributed by atoms with Crippen LogP contribution in [0.4, 0.5) is 0 Å². The number of rotatable bonds is 1. The molecule has 5 heteroatoms. The van der Waals surface area contributed by atoms with Gasteiger partial charge >= 0.3 is 0 Å². The van der Waals surface area contributed by atoms with Gasteiger partial charge in [-0.25, -0.2) is 0 Å². The predicted octanol–water partition coefficient (Wildman–Crippen LogP) is 4.52. The van der Waals surface area contributed by atoms with Gasteiger partial charge in [0.25, 0.3) is 5.91 Å². The van der Waals surface area contributed by atoms with Gasteiger partial charge in [0.2, 0.25) is 0 Å². The maximum absolute atomic E-state index is 12.8. The molecule has 2 unspecified atom stereocenters. The quantitative estimate of drug-likeness (QED) is 0.672. The van der Waals surface area contributed by atoms with Crippen LogP contribution in [0.15, 0.2) is 18.2 Å². The summed E-state index contributed by atoms with van der Waals surface area (Å²) in [5, 5.41) is 0.885. The Hall–Kier alpha value is -0.250. The van der Waals surface area contributed by atoms with Crippen LogP contribution < -0.4 is 0 Å². The van der Waals surface area contributed by atoms with Crippen molar-refractivity contribution in [2.45, 2.75) is 42.6 Å². The van der Waals surface area contributed by atoms with E-state index in [4.69, 9.17) is 23.2 Å². The zero-order valence-electron chi connectivity index (χ0n) is 10.3. The van der Waals surface area contributed by atoms with E-state index in [9.17, 15) is 4.79 Å². The van der Waals surface area contributed by atoms with Gasteiger partial charge in [0.15, 0.2) is 0 Å². The maximum Gasteiger partial charge on any atom is 0.257 e. The maximum atomic E-state index is 12.8. The SMILES string of the molecule is O=C(c1c(Cl)cccc1Cl)N1C2CCC1CC(Br)C2. The van der Waals surface area contributed by atoms with E-state index in [2.05, 4.69) is 15.9 Å². The summed E-state index contributed by atoms with van der Waals surface area (Å²) in [7, 11) is 0. The lowest BCUT2D eigenvalue weighted by molar-refractivity contribution is 0.0604. The number of benzene rings is 1. The van der Waals surface area contributed by atoms with E-state index in [1.807, 2.05) is 4.90 Å². The van der Waals surface area contributed by atoms with Crippen LogP contribution in [-0.2, 0) is 0 Å². The molecule has 2 heterocycles. The number of carbonyl (C=O) groups is 1. The lowest BCUT2D eigenvalue weighted by Gasteiger charge is -2.37. The van der Waals surface area contributed by atoms with E-state index in [1.54, 1.807) is 18.2 Å². The van der Waals surface area contributed by atoms with Crippen molar-refractivity contribution in [2.75, 3.05) is 0 Å². The second-order valence-corrected chi connectivity index (χ2v) is 7.37. The Labute approximate surface area is 131 Å². The molecule has 0 radical (unpaired) electrons. The van der Waals surface area contributed by atoms with Crippen molar-refractivity contribution in [1.29, 1.82) is 0 Å².